The Labute approximate surface area is 140 Å². The average Bonchev–Trinajstić information content (AvgIpc) is 2.53. The Hall–Kier alpha value is -2.01. The highest BCUT2D eigenvalue weighted by Crippen LogP contribution is 2.29. The van der Waals surface area contributed by atoms with Crippen LogP contribution in [0.15, 0.2) is 48.5 Å². The van der Waals surface area contributed by atoms with Crippen LogP contribution in [-0.2, 0) is 19.2 Å². The Morgan fingerprint density at radius 2 is 1.54 bits per heavy atom. The van der Waals surface area contributed by atoms with Crippen LogP contribution in [0.4, 0.5) is 13.2 Å². The molecular formula is C19H22F3NO. The predicted octanol–water partition coefficient (Wildman–Crippen LogP) is 4.95. The van der Waals surface area contributed by atoms with Crippen molar-refractivity contribution in [3.05, 3.63) is 65.2 Å². The van der Waals surface area contributed by atoms with Crippen LogP contribution in [0.5, 0.6) is 5.75 Å². The molecule has 2 aromatic carbocycles. The summed E-state index contributed by atoms with van der Waals surface area (Å²) >= 11 is 0. The van der Waals surface area contributed by atoms with Crippen LogP contribution in [0.2, 0.25) is 0 Å². The molecule has 0 saturated carbocycles. The summed E-state index contributed by atoms with van der Waals surface area (Å²) in [4.78, 5) is 0. The van der Waals surface area contributed by atoms with Gasteiger partial charge in [0.1, 0.15) is 12.4 Å². The van der Waals surface area contributed by atoms with E-state index < -0.39 is 11.7 Å². The van der Waals surface area contributed by atoms with Gasteiger partial charge in [0.2, 0.25) is 0 Å². The van der Waals surface area contributed by atoms with E-state index in [0.29, 0.717) is 11.3 Å². The number of rotatable bonds is 7. The third-order valence-corrected chi connectivity index (χ3v) is 3.74. The number of hydrogen-bond donors (Lipinski definition) is 1. The van der Waals surface area contributed by atoms with Crippen LogP contribution in [0, 0.1) is 0 Å². The van der Waals surface area contributed by atoms with Gasteiger partial charge in [-0.3, -0.25) is 0 Å². The number of nitrogens with two attached hydrogens (primary N) is 1. The van der Waals surface area contributed by atoms with Gasteiger partial charge in [-0.05, 0) is 61.6 Å². The van der Waals surface area contributed by atoms with Gasteiger partial charge < -0.3 is 10.5 Å². The van der Waals surface area contributed by atoms with E-state index in [1.165, 1.54) is 17.7 Å². The lowest BCUT2D eigenvalue weighted by atomic mass is 10.1. The number of ether oxygens (including phenoxy) is 1. The summed E-state index contributed by atoms with van der Waals surface area (Å²) in [6, 6.07) is 13.0. The Morgan fingerprint density at radius 3 is 2.08 bits per heavy atom. The molecule has 0 amide bonds. The second-order valence-electron chi connectivity index (χ2n) is 6.00. The molecule has 0 radical (unpaired) electrons. The van der Waals surface area contributed by atoms with Gasteiger partial charge in [-0.2, -0.15) is 13.2 Å². The molecule has 130 valence electrons. The Kier molecular flexibility index (Phi) is 6.26. The molecule has 0 heterocycles. The summed E-state index contributed by atoms with van der Waals surface area (Å²) in [6.45, 7) is 2.24. The first-order valence-electron chi connectivity index (χ1n) is 7.98. The summed E-state index contributed by atoms with van der Waals surface area (Å²) < 4.78 is 43.1. The van der Waals surface area contributed by atoms with E-state index in [1.807, 2.05) is 31.2 Å². The van der Waals surface area contributed by atoms with Gasteiger partial charge in [0, 0.05) is 6.04 Å². The summed E-state index contributed by atoms with van der Waals surface area (Å²) in [5, 5.41) is 0. The van der Waals surface area contributed by atoms with E-state index in [1.54, 1.807) is 0 Å². The molecule has 1 unspecified atom stereocenters. The number of halogens is 3. The third-order valence-electron chi connectivity index (χ3n) is 3.74. The zero-order valence-electron chi connectivity index (χ0n) is 13.6. The number of aryl methyl sites for hydroxylation is 1. The lowest BCUT2D eigenvalue weighted by molar-refractivity contribution is -0.137. The average molecular weight is 337 g/mol. The zero-order valence-corrected chi connectivity index (χ0v) is 13.6. The van der Waals surface area contributed by atoms with Gasteiger partial charge in [-0.1, -0.05) is 24.3 Å². The minimum Gasteiger partial charge on any atom is -0.489 e. The number of alkyl halides is 3. The first kappa shape index (κ1) is 18.3. The molecule has 2 nitrogen and oxygen atoms in total. The maximum atomic E-state index is 12.5. The van der Waals surface area contributed by atoms with Crippen molar-refractivity contribution in [2.75, 3.05) is 0 Å². The summed E-state index contributed by atoms with van der Waals surface area (Å²) in [5.74, 6) is 0.700. The SMILES string of the molecule is CC(N)CCCc1ccc(OCc2ccc(C(F)(F)F)cc2)cc1. The second kappa shape index (κ2) is 8.20. The first-order valence-corrected chi connectivity index (χ1v) is 7.98. The minimum absolute atomic E-state index is 0.219. The summed E-state index contributed by atoms with van der Waals surface area (Å²) in [6.07, 6.45) is -1.30. The quantitative estimate of drug-likeness (QED) is 0.775. The summed E-state index contributed by atoms with van der Waals surface area (Å²) in [5.41, 5.74) is 6.99. The van der Waals surface area contributed by atoms with E-state index in [0.717, 1.165) is 31.4 Å². The standard InChI is InChI=1S/C19H22F3NO/c1-14(23)3-2-4-15-7-11-18(12-8-15)24-13-16-5-9-17(10-6-16)19(20,21)22/h5-12,14H,2-4,13,23H2,1H3. The zero-order chi connectivity index (χ0) is 17.6. The maximum Gasteiger partial charge on any atom is 0.416 e. The highest BCUT2D eigenvalue weighted by molar-refractivity contribution is 5.28. The topological polar surface area (TPSA) is 35.2 Å². The Bertz CT molecular complexity index is 619. The summed E-state index contributed by atoms with van der Waals surface area (Å²) in [7, 11) is 0. The van der Waals surface area contributed by atoms with Crippen molar-refractivity contribution in [2.45, 2.75) is 45.0 Å². The van der Waals surface area contributed by atoms with Crippen LogP contribution in [0.25, 0.3) is 0 Å². The van der Waals surface area contributed by atoms with E-state index in [4.69, 9.17) is 10.5 Å². The fourth-order valence-electron chi connectivity index (χ4n) is 2.34. The molecule has 2 N–H and O–H groups in total. The van der Waals surface area contributed by atoms with Gasteiger partial charge in [-0.15, -0.1) is 0 Å². The molecule has 0 fully saturated rings. The largest absolute Gasteiger partial charge is 0.489 e. The smallest absolute Gasteiger partial charge is 0.416 e. The van der Waals surface area contributed by atoms with E-state index >= 15 is 0 Å². The van der Waals surface area contributed by atoms with Gasteiger partial charge in [0.15, 0.2) is 0 Å². The molecular weight excluding hydrogens is 315 g/mol. The maximum absolute atomic E-state index is 12.5. The van der Waals surface area contributed by atoms with Gasteiger partial charge >= 0.3 is 6.18 Å². The minimum atomic E-state index is -4.31. The molecule has 0 aliphatic rings. The highest BCUT2D eigenvalue weighted by atomic mass is 19.4. The van der Waals surface area contributed by atoms with Crippen molar-refractivity contribution in [3.63, 3.8) is 0 Å². The fourth-order valence-corrected chi connectivity index (χ4v) is 2.34. The van der Waals surface area contributed by atoms with Crippen molar-refractivity contribution in [3.8, 4) is 5.75 Å². The monoisotopic (exact) mass is 337 g/mol. The van der Waals surface area contributed by atoms with Crippen molar-refractivity contribution in [2.24, 2.45) is 5.73 Å². The highest BCUT2D eigenvalue weighted by Gasteiger charge is 2.29. The Morgan fingerprint density at radius 1 is 0.958 bits per heavy atom. The lowest BCUT2D eigenvalue weighted by Gasteiger charge is -2.10. The number of hydrogen-bond acceptors (Lipinski definition) is 2. The molecule has 0 aromatic heterocycles. The molecule has 2 rings (SSSR count). The van der Waals surface area contributed by atoms with Crippen LogP contribution >= 0.6 is 0 Å². The predicted molar refractivity (Wildman–Crippen MR) is 88.8 cm³/mol. The molecule has 24 heavy (non-hydrogen) atoms. The van der Waals surface area contributed by atoms with Crippen molar-refractivity contribution in [1.29, 1.82) is 0 Å². The van der Waals surface area contributed by atoms with Crippen molar-refractivity contribution < 1.29 is 17.9 Å². The Balaban J connectivity index is 1.83. The third kappa shape index (κ3) is 5.89. The second-order valence-corrected chi connectivity index (χ2v) is 6.00. The molecule has 0 aliphatic carbocycles. The lowest BCUT2D eigenvalue weighted by Crippen LogP contribution is -2.14. The van der Waals surface area contributed by atoms with E-state index in [2.05, 4.69) is 0 Å². The van der Waals surface area contributed by atoms with Gasteiger partial charge in [-0.25, -0.2) is 0 Å². The van der Waals surface area contributed by atoms with E-state index in [9.17, 15) is 13.2 Å². The van der Waals surface area contributed by atoms with E-state index in [-0.39, 0.29) is 12.6 Å². The van der Waals surface area contributed by atoms with Crippen molar-refractivity contribution >= 4 is 0 Å². The molecule has 5 heteroatoms. The molecule has 0 saturated heterocycles. The first-order chi connectivity index (χ1) is 11.3. The van der Waals surface area contributed by atoms with Gasteiger partial charge in [0.25, 0.3) is 0 Å². The van der Waals surface area contributed by atoms with Crippen LogP contribution < -0.4 is 10.5 Å². The normalized spacial score (nSPS) is 12.9. The number of benzene rings is 2. The molecule has 0 aliphatic heterocycles. The van der Waals surface area contributed by atoms with Crippen LogP contribution in [0.1, 0.15) is 36.5 Å². The van der Waals surface area contributed by atoms with Crippen molar-refractivity contribution in [1.82, 2.24) is 0 Å². The van der Waals surface area contributed by atoms with Gasteiger partial charge in [0.05, 0.1) is 5.56 Å². The molecule has 1 atom stereocenters. The fraction of sp³-hybridized carbons (Fsp3) is 0.368. The van der Waals surface area contributed by atoms with Crippen LogP contribution in [0.3, 0.4) is 0 Å². The molecule has 0 bridgehead atoms. The molecule has 0 spiro atoms. The molecule has 2 aromatic rings. The van der Waals surface area contributed by atoms with Crippen LogP contribution in [-0.4, -0.2) is 6.04 Å².